The van der Waals surface area contributed by atoms with E-state index in [9.17, 15) is 14.4 Å². The molecule has 0 bridgehead atoms. The molecule has 3 amide bonds. The van der Waals surface area contributed by atoms with E-state index in [0.717, 1.165) is 45.4 Å². The van der Waals surface area contributed by atoms with Crippen LogP contribution in [-0.4, -0.2) is 40.0 Å². The Hall–Kier alpha value is -4.31. The van der Waals surface area contributed by atoms with Crippen LogP contribution < -0.4 is 16.0 Å². The Balaban J connectivity index is 1.29. The number of nitrogens with one attached hydrogen (secondary N) is 3. The molecule has 42 heavy (non-hydrogen) atoms. The van der Waals surface area contributed by atoms with Crippen molar-refractivity contribution in [1.82, 2.24) is 15.3 Å². The van der Waals surface area contributed by atoms with E-state index in [-0.39, 0.29) is 18.2 Å². The van der Waals surface area contributed by atoms with Gasteiger partial charge in [0.1, 0.15) is 5.60 Å². The van der Waals surface area contributed by atoms with E-state index in [1.807, 2.05) is 82.3 Å². The lowest BCUT2D eigenvalue weighted by Crippen LogP contribution is -2.33. The smallest absolute Gasteiger partial charge is 0.407 e. The zero-order valence-corrected chi connectivity index (χ0v) is 25.3. The van der Waals surface area contributed by atoms with E-state index in [1.165, 1.54) is 11.3 Å². The molecular weight excluding hydrogens is 550 g/mol. The number of anilines is 2. The second-order valence-electron chi connectivity index (χ2n) is 11.1. The standard InChI is InChI=1S/C32H37N5O4S/c1-21-26(35-29(39)17-22-11-7-5-8-12-22)18-24(20-34-21)23-14-15-25-27(19-23)42-30(36-25)37-28(38)13-9-6-10-16-33-31(40)41-32(2,3)4/h5,7-8,11-12,14-15,18-20H,6,9-10,13,16-17H2,1-4H3,(H,33,40)(H,35,39)(H,36,37,38). The summed E-state index contributed by atoms with van der Waals surface area (Å²) in [4.78, 5) is 45.8. The van der Waals surface area contributed by atoms with E-state index >= 15 is 0 Å². The first-order valence-corrected chi connectivity index (χ1v) is 14.9. The summed E-state index contributed by atoms with van der Waals surface area (Å²) in [7, 11) is 0. The molecule has 4 rings (SSSR count). The van der Waals surface area contributed by atoms with Crippen LogP contribution in [-0.2, 0) is 20.7 Å². The summed E-state index contributed by atoms with van der Waals surface area (Å²) in [5, 5.41) is 9.17. The first kappa shape index (κ1) is 30.6. The molecule has 0 aliphatic carbocycles. The fraction of sp³-hybridized carbons (Fsp3) is 0.344. The molecule has 220 valence electrons. The lowest BCUT2D eigenvalue weighted by atomic mass is 10.1. The van der Waals surface area contributed by atoms with Gasteiger partial charge in [-0.25, -0.2) is 9.78 Å². The second kappa shape index (κ2) is 14.0. The van der Waals surface area contributed by atoms with Crippen LogP contribution >= 0.6 is 11.3 Å². The average molecular weight is 588 g/mol. The number of benzene rings is 2. The predicted octanol–water partition coefficient (Wildman–Crippen LogP) is 6.87. The Morgan fingerprint density at radius 3 is 2.45 bits per heavy atom. The van der Waals surface area contributed by atoms with Crippen LogP contribution in [0.4, 0.5) is 15.6 Å². The number of fused-ring (bicyclic) bond motifs is 1. The monoisotopic (exact) mass is 587 g/mol. The van der Waals surface area contributed by atoms with Gasteiger partial charge < -0.3 is 20.7 Å². The number of rotatable bonds is 11. The Bertz CT molecular complexity index is 1550. The third kappa shape index (κ3) is 9.37. The normalized spacial score (nSPS) is 11.2. The van der Waals surface area contributed by atoms with Crippen molar-refractivity contribution in [3.05, 3.63) is 72.1 Å². The average Bonchev–Trinajstić information content (AvgIpc) is 3.32. The second-order valence-corrected chi connectivity index (χ2v) is 12.1. The number of carbonyl (C=O) groups excluding carboxylic acids is 3. The molecule has 0 saturated carbocycles. The number of hydrogen-bond acceptors (Lipinski definition) is 7. The zero-order chi connectivity index (χ0) is 30.1. The van der Waals surface area contributed by atoms with Crippen LogP contribution in [0.1, 0.15) is 57.7 Å². The van der Waals surface area contributed by atoms with Crippen molar-refractivity contribution in [3.8, 4) is 11.1 Å². The first-order chi connectivity index (χ1) is 20.1. The SMILES string of the molecule is Cc1ncc(-c2ccc3nc(NC(=O)CCCCCNC(=O)OC(C)(C)C)sc3c2)cc1NC(=O)Cc1ccccc1. The number of pyridine rings is 1. The number of carbonyl (C=O) groups is 3. The molecule has 0 unspecified atom stereocenters. The number of alkyl carbamates (subject to hydrolysis) is 1. The number of aryl methyl sites for hydroxylation is 1. The van der Waals surface area contributed by atoms with Crippen molar-refractivity contribution in [2.24, 2.45) is 0 Å². The van der Waals surface area contributed by atoms with Crippen LogP contribution in [0.15, 0.2) is 60.8 Å². The highest BCUT2D eigenvalue weighted by atomic mass is 32.1. The number of aromatic nitrogens is 2. The molecule has 0 fully saturated rings. The topological polar surface area (TPSA) is 122 Å². The summed E-state index contributed by atoms with van der Waals surface area (Å²) in [6.07, 6.45) is 4.31. The molecule has 0 atom stereocenters. The van der Waals surface area contributed by atoms with Crippen molar-refractivity contribution in [2.75, 3.05) is 17.2 Å². The predicted molar refractivity (Wildman–Crippen MR) is 168 cm³/mol. The molecule has 2 aromatic carbocycles. The van der Waals surface area contributed by atoms with E-state index in [2.05, 4.69) is 25.9 Å². The number of unbranched alkanes of at least 4 members (excludes halogenated alkanes) is 2. The Labute approximate surface area is 250 Å². The number of hydrogen-bond donors (Lipinski definition) is 3. The minimum absolute atomic E-state index is 0.0898. The van der Waals surface area contributed by atoms with Gasteiger partial charge in [0.25, 0.3) is 0 Å². The summed E-state index contributed by atoms with van der Waals surface area (Å²) >= 11 is 1.41. The van der Waals surface area contributed by atoms with Gasteiger partial charge in [0.2, 0.25) is 11.8 Å². The van der Waals surface area contributed by atoms with Crippen LogP contribution in [0.5, 0.6) is 0 Å². The van der Waals surface area contributed by atoms with Gasteiger partial charge in [-0.2, -0.15) is 0 Å². The van der Waals surface area contributed by atoms with Gasteiger partial charge in [-0.05, 0) is 69.9 Å². The Morgan fingerprint density at radius 2 is 1.69 bits per heavy atom. The maximum atomic E-state index is 12.6. The summed E-state index contributed by atoms with van der Waals surface area (Å²) in [5.41, 5.74) is 4.45. The van der Waals surface area contributed by atoms with Gasteiger partial charge in [-0.3, -0.25) is 14.6 Å². The van der Waals surface area contributed by atoms with Gasteiger partial charge in [0, 0.05) is 24.7 Å². The third-order valence-corrected chi connectivity index (χ3v) is 7.22. The van der Waals surface area contributed by atoms with Crippen LogP contribution in [0.2, 0.25) is 0 Å². The van der Waals surface area contributed by atoms with E-state index in [1.54, 1.807) is 6.20 Å². The van der Waals surface area contributed by atoms with Gasteiger partial charge in [-0.15, -0.1) is 0 Å². The summed E-state index contributed by atoms with van der Waals surface area (Å²) in [6.45, 7) is 7.84. The van der Waals surface area contributed by atoms with Gasteiger partial charge in [-0.1, -0.05) is 54.2 Å². The van der Waals surface area contributed by atoms with Crippen molar-refractivity contribution < 1.29 is 19.1 Å². The minimum Gasteiger partial charge on any atom is -0.444 e. The first-order valence-electron chi connectivity index (χ1n) is 14.0. The number of nitrogens with zero attached hydrogens (tertiary/aromatic N) is 2. The quantitative estimate of drug-likeness (QED) is 0.165. The maximum Gasteiger partial charge on any atom is 0.407 e. The molecule has 0 aliphatic rings. The molecule has 2 aromatic heterocycles. The van der Waals surface area contributed by atoms with E-state index in [0.29, 0.717) is 30.2 Å². The molecule has 0 aliphatic heterocycles. The third-order valence-electron chi connectivity index (χ3n) is 6.29. The molecule has 10 heteroatoms. The van der Waals surface area contributed by atoms with E-state index in [4.69, 9.17) is 4.74 Å². The van der Waals surface area contributed by atoms with Gasteiger partial charge in [0.05, 0.1) is 28.0 Å². The zero-order valence-electron chi connectivity index (χ0n) is 24.5. The molecule has 9 nitrogen and oxygen atoms in total. The largest absolute Gasteiger partial charge is 0.444 e. The summed E-state index contributed by atoms with van der Waals surface area (Å²) < 4.78 is 6.15. The van der Waals surface area contributed by atoms with Crippen LogP contribution in [0, 0.1) is 6.92 Å². The van der Waals surface area contributed by atoms with Crippen molar-refractivity contribution >= 4 is 50.3 Å². The van der Waals surface area contributed by atoms with Crippen molar-refractivity contribution in [3.63, 3.8) is 0 Å². The molecule has 0 saturated heterocycles. The Morgan fingerprint density at radius 1 is 0.905 bits per heavy atom. The van der Waals surface area contributed by atoms with Gasteiger partial charge in [0.15, 0.2) is 5.13 Å². The molecule has 0 radical (unpaired) electrons. The summed E-state index contributed by atoms with van der Waals surface area (Å²) in [5.74, 6) is -0.188. The number of thiazole rings is 1. The molecule has 0 spiro atoms. The Kier molecular flexibility index (Phi) is 10.2. The van der Waals surface area contributed by atoms with Crippen molar-refractivity contribution in [2.45, 2.75) is 65.4 Å². The minimum atomic E-state index is -0.520. The lowest BCUT2D eigenvalue weighted by molar-refractivity contribution is -0.116. The molecular formula is C32H37N5O4S. The molecule has 3 N–H and O–H groups in total. The highest BCUT2D eigenvalue weighted by molar-refractivity contribution is 7.22. The van der Waals surface area contributed by atoms with Crippen molar-refractivity contribution in [1.29, 1.82) is 0 Å². The number of ether oxygens (including phenoxy) is 1. The van der Waals surface area contributed by atoms with Crippen LogP contribution in [0.25, 0.3) is 21.3 Å². The molecule has 4 aromatic rings. The lowest BCUT2D eigenvalue weighted by Gasteiger charge is -2.19. The van der Waals surface area contributed by atoms with Crippen LogP contribution in [0.3, 0.4) is 0 Å². The number of amides is 3. The highest BCUT2D eigenvalue weighted by Gasteiger charge is 2.15. The summed E-state index contributed by atoms with van der Waals surface area (Å²) in [6, 6.07) is 17.4. The fourth-order valence-electron chi connectivity index (χ4n) is 4.22. The van der Waals surface area contributed by atoms with Gasteiger partial charge >= 0.3 is 6.09 Å². The van der Waals surface area contributed by atoms with E-state index < -0.39 is 11.7 Å². The fourth-order valence-corrected chi connectivity index (χ4v) is 5.15. The highest BCUT2D eigenvalue weighted by Crippen LogP contribution is 2.32. The maximum absolute atomic E-state index is 12.6. The molecule has 2 heterocycles.